The number of rotatable bonds is 72. The molecule has 0 spiro atoms. The van der Waals surface area contributed by atoms with Crippen LogP contribution in [-0.2, 0) is 152 Å². The molecule has 776 valence electrons. The van der Waals surface area contributed by atoms with Gasteiger partial charge in [0.1, 0.15) is 79.0 Å². The monoisotopic (exact) mass is 1950 g/mol. The summed E-state index contributed by atoms with van der Waals surface area (Å²) in [7, 11) is -2.24. The normalized spacial score (nSPS) is 27.2. The van der Waals surface area contributed by atoms with Crippen LogP contribution in [0.5, 0.6) is 0 Å². The fraction of sp³-hybridized carbons (Fsp3) is 0.866. The van der Waals surface area contributed by atoms with Gasteiger partial charge in [0.25, 0.3) is 0 Å². The van der Waals surface area contributed by atoms with Crippen LogP contribution in [0, 0.1) is 53.3 Å². The number of amides is 4. The molecule has 0 aliphatic carbocycles. The van der Waals surface area contributed by atoms with E-state index in [1.165, 1.54) is 34.9 Å². The van der Waals surface area contributed by atoms with E-state index in [1.54, 1.807) is 6.92 Å². The highest BCUT2D eigenvalue weighted by Crippen LogP contribution is 2.49. The molecular weight excluding hydrogens is 1780 g/mol. The zero-order valence-corrected chi connectivity index (χ0v) is 84.2. The summed E-state index contributed by atoms with van der Waals surface area (Å²) in [6.07, 6.45) is 1.44. The Balaban J connectivity index is 1.25. The van der Waals surface area contributed by atoms with Gasteiger partial charge < -0.3 is 102 Å². The van der Waals surface area contributed by atoms with Crippen LogP contribution >= 0.6 is 7.82 Å². The average Bonchev–Trinajstić information content (AvgIpc) is 1.65. The minimum Gasteiger partial charge on any atom is -0.463 e. The zero-order valence-electron chi connectivity index (χ0n) is 84.3. The highest BCUT2D eigenvalue weighted by atomic mass is 31.2. The molecule has 0 aromatic heterocycles. The maximum atomic E-state index is 14.8. The van der Waals surface area contributed by atoms with Gasteiger partial charge >= 0.3 is 31.7 Å². The quantitative estimate of drug-likeness (QED) is 0.0144. The van der Waals surface area contributed by atoms with Crippen molar-refractivity contribution in [1.29, 1.82) is 0 Å². The van der Waals surface area contributed by atoms with Gasteiger partial charge in [0.2, 0.25) is 23.6 Å². The number of carbonyl (C=O) groups is 13. The summed E-state index contributed by atoms with van der Waals surface area (Å²) in [5.41, 5.74) is -1.72. The predicted molar refractivity (Wildman–Crippen MR) is 493 cm³/mol. The first-order valence-electron chi connectivity index (χ1n) is 50.0. The molecule has 0 radical (unpaired) electrons. The van der Waals surface area contributed by atoms with E-state index in [4.69, 9.17) is 86.2 Å². The topological polar surface area (TPSA) is 465 Å². The van der Waals surface area contributed by atoms with E-state index >= 15 is 0 Å². The van der Waals surface area contributed by atoms with Gasteiger partial charge in [0, 0.05) is 164 Å². The van der Waals surface area contributed by atoms with Crippen molar-refractivity contribution in [1.82, 2.24) is 20.9 Å². The number of nitrogens with one attached hydrogen (secondary N) is 3. The Bertz CT molecular complexity index is 3420. The second-order valence-electron chi connectivity index (χ2n) is 37.5. The fourth-order valence-corrected chi connectivity index (χ4v) is 18.1. The standard InChI is InChI=1S/C97H165N4O33P/c1-63-66(4)84(57-125-74(12)102)131-94(69(63)7)122-45-28-24-36-78(105)31-19-17-21-33-81(108)41-48-118-60-97(61-119-49-42-82(109)34-22-18-20-32-79(106)37-25-29-46-123-95-70(8)64(2)67(5)85(132-95)58-126-75(13)103,62-120-50-43-88(111)99-44-27-23-35-80(107)38-26-30-47-124-96-71(9)65(3)68(6)86(133-96)59-127-76(14)104)100-89(112)54-90(113)101-55-83(130-91(114)40-39-87(110)98-15)53-77(101)56-128-135(115,116)134-93-73(11)129-72(10)92(93)121-52-51-117-16/h63-73,77,83-86,92-96H,17-62H2,1-16H3,(H,98,110)(H,99,111)(H,100,112)(H,115,116)/t63-,64-,65-,66+,67+,68+,69?,70?,71?,72-,73+,77-,83+,84?,85?,86?,92-,93+,94+,95+,96+,97?/m0/s1/i11D. The molecule has 0 bridgehead atoms. The van der Waals surface area contributed by atoms with Gasteiger partial charge in [-0.3, -0.25) is 71.4 Å². The Morgan fingerprint density at radius 3 is 1.24 bits per heavy atom. The lowest BCUT2D eigenvalue weighted by molar-refractivity contribution is -0.255. The van der Waals surface area contributed by atoms with Gasteiger partial charge in [-0.2, -0.15) is 0 Å². The van der Waals surface area contributed by atoms with Gasteiger partial charge in [-0.05, 0) is 126 Å². The van der Waals surface area contributed by atoms with Crippen molar-refractivity contribution in [2.24, 2.45) is 53.3 Å². The largest absolute Gasteiger partial charge is 0.472 e. The van der Waals surface area contributed by atoms with Crippen LogP contribution in [0.2, 0.25) is 0 Å². The van der Waals surface area contributed by atoms with Crippen molar-refractivity contribution < 1.29 is 158 Å². The third-order valence-electron chi connectivity index (χ3n) is 26.8. The molecule has 5 fully saturated rings. The second kappa shape index (κ2) is 65.0. The number of nitrogens with zero attached hydrogens (tertiary/aromatic N) is 1. The van der Waals surface area contributed by atoms with Crippen molar-refractivity contribution in [3.05, 3.63) is 0 Å². The second-order valence-corrected chi connectivity index (χ2v) is 39.0. The summed E-state index contributed by atoms with van der Waals surface area (Å²) < 4.78 is 127. The van der Waals surface area contributed by atoms with E-state index in [9.17, 15) is 71.8 Å². The minimum absolute atomic E-state index is 0.0580. The number of unbranched alkanes of at least 4 members (excludes halogenated alkanes) is 8. The molecule has 4 amide bonds. The Morgan fingerprint density at radius 2 is 0.837 bits per heavy atom. The highest BCUT2D eigenvalue weighted by Gasteiger charge is 2.49. The molecule has 5 aliphatic rings. The number of ether oxygens (including phenoxy) is 16. The Kier molecular flexibility index (Phi) is 56.5. The Morgan fingerprint density at radius 1 is 0.430 bits per heavy atom. The van der Waals surface area contributed by atoms with Crippen molar-refractivity contribution in [3.8, 4) is 0 Å². The molecular formula is C97H165N4O33P. The predicted octanol–water partition coefficient (Wildman–Crippen LogP) is 11.0. The number of ketones is 5. The molecule has 135 heavy (non-hydrogen) atoms. The molecule has 7 unspecified atom stereocenters. The lowest BCUT2D eigenvalue weighted by atomic mass is 9.79. The summed E-state index contributed by atoms with van der Waals surface area (Å²) in [4.78, 5) is 181. The van der Waals surface area contributed by atoms with E-state index in [2.05, 4.69) is 78.3 Å². The molecule has 5 rings (SSSR count). The molecule has 5 saturated heterocycles. The smallest absolute Gasteiger partial charge is 0.463 e. The number of hydrogen-bond donors (Lipinski definition) is 4. The highest BCUT2D eigenvalue weighted by molar-refractivity contribution is 7.47. The van der Waals surface area contributed by atoms with E-state index < -0.39 is 125 Å². The molecule has 0 aromatic rings. The summed E-state index contributed by atoms with van der Waals surface area (Å²) in [6.45, 7) is 23.4. The van der Waals surface area contributed by atoms with E-state index in [0.29, 0.717) is 148 Å². The van der Waals surface area contributed by atoms with Crippen LogP contribution in [0.3, 0.4) is 0 Å². The average molecular weight is 1950 g/mol. The lowest BCUT2D eigenvalue weighted by Gasteiger charge is -2.43. The molecule has 0 aromatic carbocycles. The number of esters is 4. The number of phosphoric acid groups is 1. The summed E-state index contributed by atoms with van der Waals surface area (Å²) >= 11 is 0. The van der Waals surface area contributed by atoms with E-state index in [-0.39, 0.29) is 249 Å². The summed E-state index contributed by atoms with van der Waals surface area (Å²) in [6, 6.07) is -1.15. The molecule has 0 saturated carbocycles. The van der Waals surface area contributed by atoms with Crippen LogP contribution in [0.1, 0.15) is 284 Å². The van der Waals surface area contributed by atoms with Gasteiger partial charge in [-0.15, -0.1) is 0 Å². The molecule has 37 nitrogen and oxygen atoms in total. The third-order valence-corrected chi connectivity index (χ3v) is 27.7. The van der Waals surface area contributed by atoms with Gasteiger partial charge in [-0.1, -0.05) is 75.2 Å². The number of methoxy groups -OCH3 is 1. The number of Topliss-reactive ketones (excluding diaryl/α,β-unsaturated/α-hetero) is 5. The molecule has 4 N–H and O–H groups in total. The summed E-state index contributed by atoms with van der Waals surface area (Å²) in [5, 5.41) is 8.19. The van der Waals surface area contributed by atoms with Crippen LogP contribution in [0.25, 0.3) is 0 Å². The zero-order chi connectivity index (χ0) is 100. The maximum absolute atomic E-state index is 14.8. The Labute approximate surface area is 801 Å². The molecule has 5 aliphatic heterocycles. The first-order chi connectivity index (χ1) is 64.8. The van der Waals surface area contributed by atoms with E-state index in [0.717, 1.165) is 4.90 Å². The van der Waals surface area contributed by atoms with Crippen molar-refractivity contribution in [2.45, 2.75) is 362 Å². The number of hydrogen-bond acceptors (Lipinski definition) is 32. The van der Waals surface area contributed by atoms with Crippen LogP contribution in [-0.4, -0.2) is 292 Å². The third kappa shape index (κ3) is 46.4. The van der Waals surface area contributed by atoms with Crippen LogP contribution < -0.4 is 16.0 Å². The first kappa shape index (κ1) is 117. The van der Waals surface area contributed by atoms with Crippen molar-refractivity contribution in [2.75, 3.05) is 126 Å². The fourth-order valence-electron chi connectivity index (χ4n) is 17.2. The number of likely N-dealkylation sites (tertiary alicyclic amines) is 1. The Hall–Kier alpha value is -6.26. The first-order valence-corrected chi connectivity index (χ1v) is 50.8. The molecule has 38 heteroatoms. The summed E-state index contributed by atoms with van der Waals surface area (Å²) in [5.74, 6) is -2.99. The SMILES string of the molecule is [2H]C[C@H]1O[C@@H](C)[C@H](OCCOC)[C@@H]1OP(=O)(O)OC[C@@H]1C[C@@H](OC(=O)CCC(=O)NC)CN1C(=O)CC(=O)NC(COCCC(=O)CCCCCC(=O)CCCCO[C@@H]1OC(COC(C)=O)[C@H](C)[C@H](C)C1C)(COCCC(=O)CCCCCC(=O)CCCCO[C@@H]1OC(COC(C)=O)[C@H](C)[C@H](C)C1C)COCCC(=O)NCCCCC(=O)CCCCO[C@@H]1OC(COC(C)=O)[C@H](C)[C@H](C)C1C. The maximum Gasteiger partial charge on any atom is 0.472 e. The van der Waals surface area contributed by atoms with Crippen molar-refractivity contribution >= 4 is 84.2 Å². The molecule has 22 atom stereocenters. The van der Waals surface area contributed by atoms with Gasteiger partial charge in [0.15, 0.2) is 18.9 Å². The lowest BCUT2D eigenvalue weighted by Crippen LogP contribution is -2.59. The van der Waals surface area contributed by atoms with Gasteiger partial charge in [0.05, 0.1) is 109 Å². The molecule has 5 heterocycles. The number of carbonyl (C=O) groups excluding carboxylic acids is 13. The number of phosphoric ester groups is 1. The van der Waals surface area contributed by atoms with E-state index in [1.807, 2.05) is 0 Å². The van der Waals surface area contributed by atoms with Crippen LogP contribution in [0.15, 0.2) is 0 Å². The minimum atomic E-state index is -5.10. The van der Waals surface area contributed by atoms with Crippen LogP contribution in [0.4, 0.5) is 0 Å². The van der Waals surface area contributed by atoms with Crippen molar-refractivity contribution in [3.63, 3.8) is 0 Å². The van der Waals surface area contributed by atoms with Gasteiger partial charge in [-0.25, -0.2) is 4.57 Å².